The summed E-state index contributed by atoms with van der Waals surface area (Å²) >= 11 is 0. The highest BCUT2D eigenvalue weighted by atomic mass is 16.6. The van der Waals surface area contributed by atoms with E-state index in [0.717, 1.165) is 25.9 Å². The van der Waals surface area contributed by atoms with Crippen molar-refractivity contribution in [2.75, 3.05) is 19.7 Å². The first-order chi connectivity index (χ1) is 15.8. The molecule has 192 valence electrons. The molecule has 2 unspecified atom stereocenters. The van der Waals surface area contributed by atoms with E-state index in [9.17, 15) is 24.3 Å². The molecular weight excluding hydrogens is 454 g/mol. The van der Waals surface area contributed by atoms with Crippen molar-refractivity contribution in [3.05, 3.63) is 11.6 Å². The number of carbonyl (C=O) groups is 4. The predicted molar refractivity (Wildman–Crippen MR) is 114 cm³/mol. The van der Waals surface area contributed by atoms with E-state index in [2.05, 4.69) is 4.90 Å². The van der Waals surface area contributed by atoms with Gasteiger partial charge < -0.3 is 35.0 Å². The minimum absolute atomic E-state index is 0.113. The summed E-state index contributed by atoms with van der Waals surface area (Å²) in [6.07, 6.45) is -0.943. The van der Waals surface area contributed by atoms with Crippen molar-refractivity contribution in [2.24, 2.45) is 11.8 Å². The minimum atomic E-state index is -2.27. The zero-order valence-corrected chi connectivity index (χ0v) is 19.4. The van der Waals surface area contributed by atoms with Gasteiger partial charge in [0.25, 0.3) is 0 Å². The van der Waals surface area contributed by atoms with Crippen molar-refractivity contribution in [1.29, 1.82) is 0 Å². The Morgan fingerprint density at radius 3 is 2.21 bits per heavy atom. The number of aliphatic hydroxyl groups is 3. The van der Waals surface area contributed by atoms with Gasteiger partial charge in [-0.25, -0.2) is 19.2 Å². The summed E-state index contributed by atoms with van der Waals surface area (Å²) in [5, 5.41) is 43.1. The van der Waals surface area contributed by atoms with E-state index in [1.54, 1.807) is 19.9 Å². The zero-order valence-electron chi connectivity index (χ0n) is 19.4. The molecule has 3 rings (SSSR count). The van der Waals surface area contributed by atoms with Crippen LogP contribution in [0.15, 0.2) is 11.6 Å². The van der Waals surface area contributed by atoms with Crippen molar-refractivity contribution in [3.63, 3.8) is 0 Å². The Labute approximate surface area is 196 Å². The average Bonchev–Trinajstić information content (AvgIpc) is 3.36. The molecule has 3 saturated heterocycles. The van der Waals surface area contributed by atoms with E-state index in [1.807, 2.05) is 0 Å². The lowest BCUT2D eigenvalue weighted by atomic mass is 9.85. The molecule has 7 atom stereocenters. The van der Waals surface area contributed by atoms with Crippen molar-refractivity contribution in [3.8, 4) is 0 Å². The van der Waals surface area contributed by atoms with Gasteiger partial charge in [-0.2, -0.15) is 0 Å². The summed E-state index contributed by atoms with van der Waals surface area (Å²) in [7, 11) is 0. The van der Waals surface area contributed by atoms with Crippen LogP contribution in [0.25, 0.3) is 0 Å². The number of allylic oxidation sites excluding steroid dienone is 1. The third kappa shape index (κ3) is 6.12. The SMILES string of the molecule is C/C=C1/C[C@H](C)[C@@](C)(O)C(=O)OC[C@H]2CCN3CC[C@@H](OC1=O)[C@@H]23.O=C(O)C(O)C(O)C(=O)O. The van der Waals surface area contributed by atoms with E-state index >= 15 is 0 Å². The fourth-order valence-electron chi connectivity index (χ4n) is 4.38. The van der Waals surface area contributed by atoms with Crippen LogP contribution in [0.3, 0.4) is 0 Å². The molecule has 5 N–H and O–H groups in total. The van der Waals surface area contributed by atoms with Crippen LogP contribution in [0.1, 0.15) is 40.0 Å². The van der Waals surface area contributed by atoms with Crippen molar-refractivity contribution >= 4 is 23.9 Å². The van der Waals surface area contributed by atoms with E-state index in [0.29, 0.717) is 5.57 Å². The standard InChI is InChI=1S/C18H27NO5.C4H6O6/c1-4-12-9-11(2)18(3,22)17(21)23-10-13-5-7-19-8-6-14(15(13)19)24-16(12)20;5-1(3(7)8)2(6)4(9)10/h4,11,13-15,22H,5-10H2,1-3H3;1-2,5-6H,(H,7,8)(H,9,10)/b12-4-;/t11-,13+,14+,15+,18+;/m0./s1. The van der Waals surface area contributed by atoms with Gasteiger partial charge in [-0.1, -0.05) is 13.0 Å². The molecule has 0 amide bonds. The van der Waals surface area contributed by atoms with Crippen molar-refractivity contribution in [2.45, 2.75) is 70.0 Å². The number of carboxylic acid groups (broad SMARTS) is 2. The third-order valence-corrected chi connectivity index (χ3v) is 6.78. The van der Waals surface area contributed by atoms with Gasteiger partial charge in [-0.3, -0.25) is 4.90 Å². The lowest BCUT2D eigenvalue weighted by Crippen LogP contribution is -2.46. The Bertz CT molecular complexity index is 806. The molecular formula is C22H33NO11. The minimum Gasteiger partial charge on any atom is -0.479 e. The predicted octanol–water partition coefficient (Wildman–Crippen LogP) is -0.850. The molecule has 34 heavy (non-hydrogen) atoms. The van der Waals surface area contributed by atoms with Gasteiger partial charge in [0.1, 0.15) is 6.10 Å². The van der Waals surface area contributed by atoms with E-state index in [-0.39, 0.29) is 37.1 Å². The molecule has 0 spiro atoms. The van der Waals surface area contributed by atoms with Crippen LogP contribution in [-0.2, 0) is 28.7 Å². The highest BCUT2D eigenvalue weighted by molar-refractivity contribution is 5.89. The Hall–Kier alpha value is -2.54. The van der Waals surface area contributed by atoms with Gasteiger partial charge in [0.15, 0.2) is 17.8 Å². The van der Waals surface area contributed by atoms with Gasteiger partial charge in [0, 0.05) is 18.0 Å². The molecule has 0 aromatic carbocycles. The number of aliphatic hydroxyl groups excluding tert-OH is 2. The normalized spacial score (nSPS) is 34.9. The fourth-order valence-corrected chi connectivity index (χ4v) is 4.38. The van der Waals surface area contributed by atoms with Gasteiger partial charge in [-0.05, 0) is 45.6 Å². The van der Waals surface area contributed by atoms with Crippen LogP contribution in [-0.4, -0.2) is 104 Å². The second kappa shape index (κ2) is 11.3. The molecule has 0 aliphatic carbocycles. The third-order valence-electron chi connectivity index (χ3n) is 6.78. The molecule has 0 saturated carbocycles. The van der Waals surface area contributed by atoms with E-state index in [1.165, 1.54) is 6.92 Å². The van der Waals surface area contributed by atoms with Crippen LogP contribution >= 0.6 is 0 Å². The second-order valence-electron chi connectivity index (χ2n) is 9.04. The highest BCUT2D eigenvalue weighted by Crippen LogP contribution is 2.36. The number of ether oxygens (including phenoxy) is 2. The summed E-state index contributed by atoms with van der Waals surface area (Å²) in [6, 6.07) is 0.113. The molecule has 0 aromatic rings. The number of rotatable bonds is 3. The Morgan fingerprint density at radius 1 is 1.12 bits per heavy atom. The first-order valence-electron chi connectivity index (χ1n) is 11.1. The number of carbonyl (C=O) groups excluding carboxylic acids is 2. The molecule has 0 radical (unpaired) electrons. The number of esters is 2. The molecule has 3 aliphatic rings. The summed E-state index contributed by atoms with van der Waals surface area (Å²) < 4.78 is 11.3. The summed E-state index contributed by atoms with van der Waals surface area (Å²) in [5.74, 6) is -4.76. The highest BCUT2D eigenvalue weighted by Gasteiger charge is 2.48. The van der Waals surface area contributed by atoms with Crippen LogP contribution < -0.4 is 0 Å². The van der Waals surface area contributed by atoms with Crippen LogP contribution in [0.2, 0.25) is 0 Å². The lowest BCUT2D eigenvalue weighted by Gasteiger charge is -2.32. The monoisotopic (exact) mass is 487 g/mol. The maximum absolute atomic E-state index is 12.6. The van der Waals surface area contributed by atoms with Crippen LogP contribution in [0, 0.1) is 11.8 Å². The second-order valence-corrected chi connectivity index (χ2v) is 9.04. The number of nitrogens with zero attached hydrogens (tertiary/aromatic N) is 1. The number of hydrogen-bond donors (Lipinski definition) is 5. The number of hydrogen-bond acceptors (Lipinski definition) is 10. The van der Waals surface area contributed by atoms with Gasteiger partial charge in [0.2, 0.25) is 0 Å². The van der Waals surface area contributed by atoms with Gasteiger partial charge in [0.05, 0.1) is 12.6 Å². The van der Waals surface area contributed by atoms with E-state index in [4.69, 9.17) is 29.9 Å². The largest absolute Gasteiger partial charge is 0.479 e. The maximum atomic E-state index is 12.6. The molecule has 3 fully saturated rings. The van der Waals surface area contributed by atoms with Crippen LogP contribution in [0.5, 0.6) is 0 Å². The van der Waals surface area contributed by atoms with Crippen molar-refractivity contribution < 1.29 is 54.2 Å². The first-order valence-corrected chi connectivity index (χ1v) is 11.1. The fraction of sp³-hybridized carbons (Fsp3) is 0.727. The number of carboxylic acids is 2. The number of cyclic esters (lactones) is 1. The van der Waals surface area contributed by atoms with Crippen molar-refractivity contribution in [1.82, 2.24) is 4.90 Å². The number of aliphatic carboxylic acids is 2. The summed E-state index contributed by atoms with van der Waals surface area (Å²) in [6.45, 7) is 7.11. The van der Waals surface area contributed by atoms with Gasteiger partial charge in [-0.15, -0.1) is 0 Å². The lowest BCUT2D eigenvalue weighted by molar-refractivity contribution is -0.172. The maximum Gasteiger partial charge on any atom is 0.338 e. The Kier molecular flexibility index (Phi) is 9.17. The molecule has 12 heteroatoms. The van der Waals surface area contributed by atoms with E-state index < -0.39 is 41.6 Å². The Balaban J connectivity index is 0.000000347. The average molecular weight is 488 g/mol. The molecule has 0 bridgehead atoms. The molecule has 0 aromatic heterocycles. The summed E-state index contributed by atoms with van der Waals surface area (Å²) in [4.78, 5) is 46.8. The van der Waals surface area contributed by atoms with Gasteiger partial charge >= 0.3 is 23.9 Å². The molecule has 3 aliphatic heterocycles. The molecule has 3 heterocycles. The topological polar surface area (TPSA) is 191 Å². The smallest absolute Gasteiger partial charge is 0.338 e. The zero-order chi connectivity index (χ0) is 25.8. The Morgan fingerprint density at radius 2 is 1.68 bits per heavy atom. The summed E-state index contributed by atoms with van der Waals surface area (Å²) in [5.41, 5.74) is -1.12. The quantitative estimate of drug-likeness (QED) is 0.245. The van der Waals surface area contributed by atoms with Crippen LogP contribution in [0.4, 0.5) is 0 Å². The molecule has 12 nitrogen and oxygen atoms in total. The first kappa shape index (κ1) is 27.7.